The normalized spacial score (nSPS) is 23.7. The summed E-state index contributed by atoms with van der Waals surface area (Å²) >= 11 is 5.15. The van der Waals surface area contributed by atoms with Crippen LogP contribution < -0.4 is 0 Å². The van der Waals surface area contributed by atoms with Crippen LogP contribution in [0.1, 0.15) is 12.8 Å². The minimum absolute atomic E-state index is 0.458. The lowest BCUT2D eigenvalue weighted by molar-refractivity contribution is -0.141. The van der Waals surface area contributed by atoms with Crippen molar-refractivity contribution in [2.75, 3.05) is 6.54 Å². The Morgan fingerprint density at radius 2 is 2.18 bits per heavy atom. The molecule has 0 aromatic carbocycles. The first-order valence-electron chi connectivity index (χ1n) is 3.32. The monoisotopic (exact) mass is 177 g/mol. The third kappa shape index (κ3) is 1.63. The number of likely N-dealkylation sites (tertiary alicyclic amines) is 1. The van der Waals surface area contributed by atoms with Crippen molar-refractivity contribution in [1.29, 1.82) is 0 Å². The molecule has 1 heterocycles. The number of hydrogen-bond acceptors (Lipinski definition) is 2. The van der Waals surface area contributed by atoms with Crippen molar-refractivity contribution in [1.82, 2.24) is 4.90 Å². The van der Waals surface area contributed by atoms with E-state index in [0.29, 0.717) is 13.0 Å². The second-order valence-corrected chi connectivity index (χ2v) is 2.77. The van der Waals surface area contributed by atoms with E-state index in [9.17, 15) is 9.59 Å². The van der Waals surface area contributed by atoms with Crippen LogP contribution in [0.25, 0.3) is 0 Å². The van der Waals surface area contributed by atoms with E-state index in [-0.39, 0.29) is 0 Å². The predicted octanol–water partition coefficient (Wildman–Crippen LogP) is 0.894. The molecule has 1 aliphatic heterocycles. The first-order valence-corrected chi connectivity index (χ1v) is 3.69. The molecule has 1 N–H and O–H groups in total. The van der Waals surface area contributed by atoms with E-state index in [0.717, 1.165) is 6.42 Å². The molecule has 1 amide bonds. The highest BCUT2D eigenvalue weighted by Gasteiger charge is 2.32. The van der Waals surface area contributed by atoms with Gasteiger partial charge in [-0.1, -0.05) is 0 Å². The van der Waals surface area contributed by atoms with Gasteiger partial charge in [-0.15, -0.1) is 0 Å². The molecule has 0 aromatic rings. The average Bonchev–Trinajstić information content (AvgIpc) is 2.32. The molecule has 1 rings (SSSR count). The number of carbonyl (C=O) groups excluding carboxylic acids is 1. The van der Waals surface area contributed by atoms with Gasteiger partial charge in [0.05, 0.1) is 0 Å². The molecular weight excluding hydrogens is 170 g/mol. The third-order valence-corrected chi connectivity index (χ3v) is 1.98. The highest BCUT2D eigenvalue weighted by atomic mass is 35.5. The van der Waals surface area contributed by atoms with Gasteiger partial charge in [0, 0.05) is 6.54 Å². The van der Waals surface area contributed by atoms with Crippen LogP contribution in [0.2, 0.25) is 0 Å². The molecule has 1 aliphatic rings. The third-order valence-electron chi connectivity index (χ3n) is 1.76. The SMILES string of the molecule is O=C(O)[C@@H]1CCCN1C(=O)Cl. The molecule has 0 radical (unpaired) electrons. The maximum atomic E-state index is 10.6. The summed E-state index contributed by atoms with van der Waals surface area (Å²) in [6.45, 7) is 0.458. The van der Waals surface area contributed by atoms with Crippen molar-refractivity contribution in [2.45, 2.75) is 18.9 Å². The molecule has 1 atom stereocenters. The summed E-state index contributed by atoms with van der Waals surface area (Å²) in [5.74, 6) is -0.975. The van der Waals surface area contributed by atoms with Crippen molar-refractivity contribution >= 4 is 22.9 Å². The molecule has 0 saturated carbocycles. The Balaban J connectivity index is 2.65. The van der Waals surface area contributed by atoms with Crippen LogP contribution in [0.4, 0.5) is 4.79 Å². The molecule has 0 spiro atoms. The van der Waals surface area contributed by atoms with Gasteiger partial charge < -0.3 is 10.0 Å². The Morgan fingerprint density at radius 1 is 1.55 bits per heavy atom. The number of carboxylic acids is 1. The van der Waals surface area contributed by atoms with E-state index in [1.54, 1.807) is 0 Å². The van der Waals surface area contributed by atoms with Crippen LogP contribution in [0.5, 0.6) is 0 Å². The zero-order valence-corrected chi connectivity index (χ0v) is 6.54. The van der Waals surface area contributed by atoms with Crippen LogP contribution in [-0.2, 0) is 4.79 Å². The summed E-state index contributed by atoms with van der Waals surface area (Å²) in [6.07, 6.45) is 1.23. The minimum atomic E-state index is -0.975. The Morgan fingerprint density at radius 3 is 2.55 bits per heavy atom. The lowest BCUT2D eigenvalue weighted by Crippen LogP contribution is -2.37. The van der Waals surface area contributed by atoms with Gasteiger partial charge in [0.25, 0.3) is 0 Å². The second kappa shape index (κ2) is 3.09. The number of carboxylic acid groups (broad SMARTS) is 1. The molecule has 11 heavy (non-hydrogen) atoms. The molecule has 1 fully saturated rings. The van der Waals surface area contributed by atoms with Crippen molar-refractivity contribution in [3.63, 3.8) is 0 Å². The molecule has 0 bridgehead atoms. The van der Waals surface area contributed by atoms with Gasteiger partial charge in [-0.05, 0) is 24.4 Å². The number of hydrogen-bond donors (Lipinski definition) is 1. The highest BCUT2D eigenvalue weighted by molar-refractivity contribution is 6.63. The predicted molar refractivity (Wildman–Crippen MR) is 38.6 cm³/mol. The van der Waals surface area contributed by atoms with Gasteiger partial charge in [0.1, 0.15) is 6.04 Å². The maximum absolute atomic E-state index is 10.6. The molecular formula is C6H8ClNO3. The van der Waals surface area contributed by atoms with E-state index >= 15 is 0 Å². The fourth-order valence-electron chi connectivity index (χ4n) is 1.23. The van der Waals surface area contributed by atoms with Crippen molar-refractivity contribution in [2.24, 2.45) is 0 Å². The molecule has 1 saturated heterocycles. The minimum Gasteiger partial charge on any atom is -0.480 e. The Bertz CT molecular complexity index is 174. The lowest BCUT2D eigenvalue weighted by atomic mass is 10.2. The van der Waals surface area contributed by atoms with Gasteiger partial charge in [-0.25, -0.2) is 4.79 Å². The van der Waals surface area contributed by atoms with Crippen molar-refractivity contribution in [3.05, 3.63) is 0 Å². The number of nitrogens with zero attached hydrogens (tertiary/aromatic N) is 1. The zero-order valence-electron chi connectivity index (χ0n) is 5.79. The number of rotatable bonds is 1. The smallest absolute Gasteiger partial charge is 0.326 e. The van der Waals surface area contributed by atoms with Crippen molar-refractivity contribution in [3.8, 4) is 0 Å². The van der Waals surface area contributed by atoms with E-state index < -0.39 is 17.4 Å². The average molecular weight is 178 g/mol. The number of carbonyl (C=O) groups is 2. The summed E-state index contributed by atoms with van der Waals surface area (Å²) in [5, 5.41) is 7.91. The topological polar surface area (TPSA) is 57.6 Å². The zero-order chi connectivity index (χ0) is 8.43. The fraction of sp³-hybridized carbons (Fsp3) is 0.667. The van der Waals surface area contributed by atoms with Gasteiger partial charge >= 0.3 is 11.3 Å². The molecule has 62 valence electrons. The molecule has 0 aromatic heterocycles. The summed E-state index contributed by atoms with van der Waals surface area (Å²) in [4.78, 5) is 22.2. The van der Waals surface area contributed by atoms with Crippen LogP contribution in [0.3, 0.4) is 0 Å². The molecule has 4 nitrogen and oxygen atoms in total. The number of amides is 1. The molecule has 0 aliphatic carbocycles. The van der Waals surface area contributed by atoms with Crippen LogP contribution in [-0.4, -0.2) is 33.9 Å². The van der Waals surface area contributed by atoms with Crippen LogP contribution in [0, 0.1) is 0 Å². The Kier molecular flexibility index (Phi) is 2.34. The Hall–Kier alpha value is -0.770. The van der Waals surface area contributed by atoms with E-state index in [2.05, 4.69) is 0 Å². The maximum Gasteiger partial charge on any atom is 0.326 e. The van der Waals surface area contributed by atoms with E-state index in [1.807, 2.05) is 0 Å². The number of halogens is 1. The largest absolute Gasteiger partial charge is 0.480 e. The standard InChI is InChI=1S/C6H8ClNO3/c7-6(11)8-3-1-2-4(8)5(9)10/h4H,1-3H2,(H,9,10)/t4-/m0/s1. The van der Waals surface area contributed by atoms with E-state index in [4.69, 9.17) is 16.7 Å². The summed E-state index contributed by atoms with van der Waals surface area (Å²) in [7, 11) is 0. The van der Waals surface area contributed by atoms with Gasteiger partial charge in [0.2, 0.25) is 0 Å². The van der Waals surface area contributed by atoms with Crippen molar-refractivity contribution < 1.29 is 14.7 Å². The van der Waals surface area contributed by atoms with Crippen LogP contribution >= 0.6 is 11.6 Å². The first kappa shape index (κ1) is 8.33. The fourth-order valence-corrected chi connectivity index (χ4v) is 1.44. The Labute approximate surface area is 68.7 Å². The lowest BCUT2D eigenvalue weighted by Gasteiger charge is -2.17. The van der Waals surface area contributed by atoms with Gasteiger partial charge in [-0.3, -0.25) is 4.79 Å². The van der Waals surface area contributed by atoms with E-state index in [1.165, 1.54) is 4.90 Å². The van der Waals surface area contributed by atoms with Gasteiger partial charge in [-0.2, -0.15) is 0 Å². The summed E-state index contributed by atoms with van der Waals surface area (Å²) < 4.78 is 0. The quantitative estimate of drug-likeness (QED) is 0.478. The number of aliphatic carboxylic acids is 1. The first-order chi connectivity index (χ1) is 5.13. The molecule has 0 unspecified atom stereocenters. The summed E-state index contributed by atoms with van der Waals surface area (Å²) in [5.41, 5.74) is 0. The second-order valence-electron chi connectivity index (χ2n) is 2.44. The highest BCUT2D eigenvalue weighted by Crippen LogP contribution is 2.18. The van der Waals surface area contributed by atoms with Crippen LogP contribution in [0.15, 0.2) is 0 Å². The summed E-state index contributed by atoms with van der Waals surface area (Å²) in [6, 6.07) is -0.708. The van der Waals surface area contributed by atoms with Gasteiger partial charge in [0.15, 0.2) is 0 Å². The molecule has 5 heteroatoms.